The molecule has 0 aromatic carbocycles. The molecule has 0 aliphatic carbocycles. The van der Waals surface area contributed by atoms with Crippen LogP contribution in [0.4, 0.5) is 5.69 Å². The van der Waals surface area contributed by atoms with Gasteiger partial charge in [-0.1, -0.05) is 0 Å². The number of carbonyl (C=O) groups is 1. The third-order valence-electron chi connectivity index (χ3n) is 3.33. The van der Waals surface area contributed by atoms with Crippen LogP contribution in [-0.2, 0) is 0 Å². The number of pyridine rings is 1. The number of amides is 1. The van der Waals surface area contributed by atoms with Crippen molar-refractivity contribution in [1.82, 2.24) is 15.2 Å². The molecule has 0 bridgehead atoms. The summed E-state index contributed by atoms with van der Waals surface area (Å²) in [6.45, 7) is 7.52. The standard InChI is InChI=1S/C14H24N4O/c1-6-16-12-9-15-8-7-11(12)13(19)17-10-14(2,3)18(4)5/h7-9,16H,6,10H2,1-5H3,(H,17,19). The fraction of sp³-hybridized carbons (Fsp3) is 0.571. The lowest BCUT2D eigenvalue weighted by Gasteiger charge is -2.32. The Bertz CT molecular complexity index is 429. The average molecular weight is 264 g/mol. The maximum absolute atomic E-state index is 12.2. The first-order valence-corrected chi connectivity index (χ1v) is 6.52. The molecule has 1 aromatic heterocycles. The van der Waals surface area contributed by atoms with Crippen molar-refractivity contribution < 1.29 is 4.79 Å². The molecule has 0 unspecified atom stereocenters. The van der Waals surface area contributed by atoms with Gasteiger partial charge in [0.15, 0.2) is 0 Å². The molecule has 1 aromatic rings. The topological polar surface area (TPSA) is 57.3 Å². The zero-order valence-electron chi connectivity index (χ0n) is 12.4. The Morgan fingerprint density at radius 2 is 2.11 bits per heavy atom. The molecule has 0 aliphatic heterocycles. The third-order valence-corrected chi connectivity index (χ3v) is 3.33. The lowest BCUT2D eigenvalue weighted by atomic mass is 10.0. The van der Waals surface area contributed by atoms with Crippen molar-refractivity contribution in [1.29, 1.82) is 0 Å². The first-order chi connectivity index (χ1) is 8.88. The fourth-order valence-corrected chi connectivity index (χ4v) is 1.47. The van der Waals surface area contributed by atoms with E-state index >= 15 is 0 Å². The molecule has 0 fully saturated rings. The highest BCUT2D eigenvalue weighted by atomic mass is 16.1. The Balaban J connectivity index is 2.74. The van der Waals surface area contributed by atoms with Crippen molar-refractivity contribution in [3.8, 4) is 0 Å². The number of hydrogen-bond donors (Lipinski definition) is 2. The number of nitrogens with zero attached hydrogens (tertiary/aromatic N) is 2. The molecule has 106 valence electrons. The van der Waals surface area contributed by atoms with Crippen molar-refractivity contribution in [3.63, 3.8) is 0 Å². The Hall–Kier alpha value is -1.62. The normalized spacial score (nSPS) is 11.5. The van der Waals surface area contributed by atoms with Crippen molar-refractivity contribution in [3.05, 3.63) is 24.0 Å². The molecule has 1 amide bonds. The van der Waals surface area contributed by atoms with Crippen LogP contribution >= 0.6 is 0 Å². The van der Waals surface area contributed by atoms with Gasteiger partial charge >= 0.3 is 0 Å². The number of aromatic nitrogens is 1. The molecule has 5 heteroatoms. The van der Waals surface area contributed by atoms with E-state index in [1.807, 2.05) is 21.0 Å². The van der Waals surface area contributed by atoms with Crippen LogP contribution in [0.2, 0.25) is 0 Å². The van der Waals surface area contributed by atoms with Crippen LogP contribution in [0.15, 0.2) is 18.5 Å². The molecule has 0 saturated carbocycles. The maximum atomic E-state index is 12.2. The van der Waals surface area contributed by atoms with Crippen molar-refractivity contribution in [2.75, 3.05) is 32.5 Å². The molecule has 0 radical (unpaired) electrons. The number of nitrogens with one attached hydrogen (secondary N) is 2. The van der Waals surface area contributed by atoms with E-state index in [1.165, 1.54) is 0 Å². The molecular weight excluding hydrogens is 240 g/mol. The highest BCUT2D eigenvalue weighted by Crippen LogP contribution is 2.14. The lowest BCUT2D eigenvalue weighted by Crippen LogP contribution is -2.48. The number of anilines is 1. The molecule has 0 aliphatic rings. The minimum Gasteiger partial charge on any atom is -0.383 e. The molecule has 1 rings (SSSR count). The van der Waals surface area contributed by atoms with Gasteiger partial charge in [0.05, 0.1) is 17.4 Å². The van der Waals surface area contributed by atoms with Gasteiger partial charge < -0.3 is 15.5 Å². The molecule has 1 heterocycles. The number of hydrogen-bond acceptors (Lipinski definition) is 4. The molecule has 0 atom stereocenters. The summed E-state index contributed by atoms with van der Waals surface area (Å²) in [6, 6.07) is 1.73. The summed E-state index contributed by atoms with van der Waals surface area (Å²) in [4.78, 5) is 18.3. The first kappa shape index (κ1) is 15.4. The van der Waals surface area contributed by atoms with Crippen LogP contribution in [-0.4, -0.2) is 48.5 Å². The summed E-state index contributed by atoms with van der Waals surface area (Å²) < 4.78 is 0. The highest BCUT2D eigenvalue weighted by Gasteiger charge is 2.22. The molecule has 19 heavy (non-hydrogen) atoms. The summed E-state index contributed by atoms with van der Waals surface area (Å²) in [5.41, 5.74) is 1.32. The summed E-state index contributed by atoms with van der Waals surface area (Å²) in [7, 11) is 4.01. The Morgan fingerprint density at radius 1 is 1.42 bits per heavy atom. The minimum atomic E-state index is -0.0823. The van der Waals surface area contributed by atoms with Crippen LogP contribution in [0.3, 0.4) is 0 Å². The van der Waals surface area contributed by atoms with Gasteiger partial charge in [-0.05, 0) is 40.9 Å². The van der Waals surface area contributed by atoms with Gasteiger partial charge in [-0.2, -0.15) is 0 Å². The van der Waals surface area contributed by atoms with Crippen molar-refractivity contribution in [2.45, 2.75) is 26.3 Å². The predicted octanol–water partition coefficient (Wildman–Crippen LogP) is 1.58. The summed E-state index contributed by atoms with van der Waals surface area (Å²) >= 11 is 0. The average Bonchev–Trinajstić information content (AvgIpc) is 2.37. The highest BCUT2D eigenvalue weighted by molar-refractivity contribution is 5.99. The Kier molecular flexibility index (Phi) is 5.30. The van der Waals surface area contributed by atoms with Gasteiger partial charge in [-0.15, -0.1) is 0 Å². The van der Waals surface area contributed by atoms with Crippen LogP contribution < -0.4 is 10.6 Å². The van der Waals surface area contributed by atoms with Crippen molar-refractivity contribution in [2.24, 2.45) is 0 Å². The van der Waals surface area contributed by atoms with E-state index in [2.05, 4.69) is 34.4 Å². The zero-order chi connectivity index (χ0) is 14.5. The van der Waals surface area contributed by atoms with Gasteiger partial charge in [0.1, 0.15) is 0 Å². The second-order valence-corrected chi connectivity index (χ2v) is 5.34. The molecule has 5 nitrogen and oxygen atoms in total. The van der Waals surface area contributed by atoms with E-state index in [-0.39, 0.29) is 11.4 Å². The second-order valence-electron chi connectivity index (χ2n) is 5.34. The van der Waals surface area contributed by atoms with Crippen LogP contribution in [0, 0.1) is 0 Å². The van der Waals surface area contributed by atoms with Gasteiger partial charge in [-0.25, -0.2) is 0 Å². The summed E-state index contributed by atoms with van der Waals surface area (Å²) in [5.74, 6) is -0.0757. The largest absolute Gasteiger partial charge is 0.383 e. The number of rotatable bonds is 6. The SMILES string of the molecule is CCNc1cnccc1C(=O)NCC(C)(C)N(C)C. The molecule has 0 saturated heterocycles. The van der Waals surface area contributed by atoms with E-state index < -0.39 is 0 Å². The zero-order valence-corrected chi connectivity index (χ0v) is 12.4. The molecular formula is C14H24N4O. The van der Waals surface area contributed by atoms with Crippen LogP contribution in [0.5, 0.6) is 0 Å². The quantitative estimate of drug-likeness (QED) is 0.819. The molecule has 2 N–H and O–H groups in total. The monoisotopic (exact) mass is 264 g/mol. The summed E-state index contributed by atoms with van der Waals surface area (Å²) in [5, 5.41) is 6.11. The van der Waals surface area contributed by atoms with Gasteiger partial charge in [0.2, 0.25) is 0 Å². The van der Waals surface area contributed by atoms with Gasteiger partial charge in [0.25, 0.3) is 5.91 Å². The fourth-order valence-electron chi connectivity index (χ4n) is 1.47. The third kappa shape index (κ3) is 4.21. The Morgan fingerprint density at radius 3 is 2.68 bits per heavy atom. The molecule has 0 spiro atoms. The Labute approximate surface area is 115 Å². The minimum absolute atomic E-state index is 0.0757. The van der Waals surface area contributed by atoms with E-state index in [9.17, 15) is 4.79 Å². The van der Waals surface area contributed by atoms with Gasteiger partial charge in [-0.3, -0.25) is 9.78 Å². The van der Waals surface area contributed by atoms with E-state index in [1.54, 1.807) is 18.5 Å². The number of carbonyl (C=O) groups excluding carboxylic acids is 1. The van der Waals surface area contributed by atoms with E-state index in [0.717, 1.165) is 12.2 Å². The lowest BCUT2D eigenvalue weighted by molar-refractivity contribution is 0.0920. The second kappa shape index (κ2) is 6.52. The van der Waals surface area contributed by atoms with E-state index in [4.69, 9.17) is 0 Å². The predicted molar refractivity (Wildman–Crippen MR) is 78.5 cm³/mol. The first-order valence-electron chi connectivity index (χ1n) is 6.52. The summed E-state index contributed by atoms with van der Waals surface area (Å²) in [6.07, 6.45) is 3.31. The number of likely N-dealkylation sites (N-methyl/N-ethyl adjacent to an activating group) is 1. The van der Waals surface area contributed by atoms with E-state index in [0.29, 0.717) is 12.1 Å². The van der Waals surface area contributed by atoms with Gasteiger partial charge in [0, 0.05) is 24.8 Å². The smallest absolute Gasteiger partial charge is 0.253 e. The van der Waals surface area contributed by atoms with Crippen molar-refractivity contribution >= 4 is 11.6 Å². The maximum Gasteiger partial charge on any atom is 0.253 e. The van der Waals surface area contributed by atoms with Crippen LogP contribution in [0.25, 0.3) is 0 Å². The van der Waals surface area contributed by atoms with Crippen LogP contribution in [0.1, 0.15) is 31.1 Å².